The number of aromatic hydroxyl groups is 2. The first kappa shape index (κ1) is 16.1. The molecule has 1 aromatic heterocycles. The minimum atomic E-state index is 0.00367. The van der Waals surface area contributed by atoms with Crippen molar-refractivity contribution in [2.24, 2.45) is 5.92 Å². The summed E-state index contributed by atoms with van der Waals surface area (Å²) in [5.74, 6) is 1.66. The molecule has 6 nitrogen and oxygen atoms in total. The molecule has 1 aliphatic heterocycles. The zero-order valence-electron chi connectivity index (χ0n) is 14.4. The number of benzene rings is 1. The van der Waals surface area contributed by atoms with Crippen LogP contribution < -0.4 is 5.56 Å². The smallest absolute Gasteiger partial charge is 0.254 e. The molecule has 2 aliphatic rings. The van der Waals surface area contributed by atoms with Crippen LogP contribution in [-0.4, -0.2) is 31.6 Å². The Hall–Kier alpha value is -2.34. The quantitative estimate of drug-likeness (QED) is 0.791. The molecule has 0 unspecified atom stereocenters. The van der Waals surface area contributed by atoms with E-state index in [-0.39, 0.29) is 17.1 Å². The predicted molar refractivity (Wildman–Crippen MR) is 93.6 cm³/mol. The van der Waals surface area contributed by atoms with Gasteiger partial charge in [0, 0.05) is 43.2 Å². The van der Waals surface area contributed by atoms with E-state index >= 15 is 0 Å². The Balaban J connectivity index is 1.56. The Labute approximate surface area is 146 Å². The van der Waals surface area contributed by atoms with Gasteiger partial charge < -0.3 is 15.2 Å². The van der Waals surface area contributed by atoms with Crippen molar-refractivity contribution < 1.29 is 10.2 Å². The fourth-order valence-electron chi connectivity index (χ4n) is 3.58. The SMILES string of the molecule is Cc1cc(O)cc(O)c1CN1CCc2c(nc(CC3CC3)[nH]c2=O)C1. The number of aromatic amines is 1. The molecule has 0 atom stereocenters. The van der Waals surface area contributed by atoms with Crippen LogP contribution in [0.2, 0.25) is 0 Å². The molecule has 6 heteroatoms. The molecule has 0 saturated heterocycles. The van der Waals surface area contributed by atoms with Crippen molar-refractivity contribution in [2.75, 3.05) is 6.54 Å². The van der Waals surface area contributed by atoms with Crippen LogP contribution in [0, 0.1) is 12.8 Å². The van der Waals surface area contributed by atoms with Gasteiger partial charge in [0.15, 0.2) is 0 Å². The zero-order chi connectivity index (χ0) is 17.6. The molecule has 2 heterocycles. The summed E-state index contributed by atoms with van der Waals surface area (Å²) in [6.45, 7) is 3.81. The van der Waals surface area contributed by atoms with Gasteiger partial charge in [0.05, 0.1) is 5.69 Å². The lowest BCUT2D eigenvalue weighted by atomic mass is 10.0. The van der Waals surface area contributed by atoms with E-state index in [2.05, 4.69) is 9.88 Å². The number of fused-ring (bicyclic) bond motifs is 1. The molecule has 25 heavy (non-hydrogen) atoms. The highest BCUT2D eigenvalue weighted by atomic mass is 16.3. The van der Waals surface area contributed by atoms with Crippen molar-refractivity contribution in [1.29, 1.82) is 0 Å². The molecular weight excluding hydrogens is 318 g/mol. The first-order valence-corrected chi connectivity index (χ1v) is 8.84. The third-order valence-electron chi connectivity index (χ3n) is 5.20. The van der Waals surface area contributed by atoms with Crippen molar-refractivity contribution >= 4 is 0 Å². The minimum absolute atomic E-state index is 0.00367. The lowest BCUT2D eigenvalue weighted by molar-refractivity contribution is 0.236. The fourth-order valence-corrected chi connectivity index (χ4v) is 3.58. The summed E-state index contributed by atoms with van der Waals surface area (Å²) in [5, 5.41) is 19.7. The molecule has 2 aromatic rings. The summed E-state index contributed by atoms with van der Waals surface area (Å²) in [4.78, 5) is 22.2. The molecule has 1 aliphatic carbocycles. The Kier molecular flexibility index (Phi) is 4.00. The highest BCUT2D eigenvalue weighted by Gasteiger charge is 2.26. The molecule has 0 amide bonds. The number of nitrogens with zero attached hydrogens (tertiary/aromatic N) is 2. The normalized spacial score (nSPS) is 17.5. The van der Waals surface area contributed by atoms with Gasteiger partial charge in [-0.1, -0.05) is 0 Å². The minimum Gasteiger partial charge on any atom is -0.508 e. The average Bonchev–Trinajstić information content (AvgIpc) is 3.34. The molecule has 1 saturated carbocycles. The molecule has 4 rings (SSSR count). The number of rotatable bonds is 4. The van der Waals surface area contributed by atoms with E-state index in [1.807, 2.05) is 6.92 Å². The van der Waals surface area contributed by atoms with Crippen molar-refractivity contribution in [3.8, 4) is 11.5 Å². The van der Waals surface area contributed by atoms with Gasteiger partial charge in [-0.15, -0.1) is 0 Å². The van der Waals surface area contributed by atoms with E-state index in [1.165, 1.54) is 18.9 Å². The second-order valence-electron chi connectivity index (χ2n) is 7.31. The molecule has 0 radical (unpaired) electrons. The second-order valence-corrected chi connectivity index (χ2v) is 7.31. The van der Waals surface area contributed by atoms with Crippen LogP contribution in [0.1, 0.15) is 41.1 Å². The average molecular weight is 341 g/mol. The molecule has 0 bridgehead atoms. The lowest BCUT2D eigenvalue weighted by Crippen LogP contribution is -2.35. The van der Waals surface area contributed by atoms with Crippen LogP contribution in [0.25, 0.3) is 0 Å². The van der Waals surface area contributed by atoms with Gasteiger partial charge >= 0.3 is 0 Å². The largest absolute Gasteiger partial charge is 0.508 e. The fraction of sp³-hybridized carbons (Fsp3) is 0.474. The monoisotopic (exact) mass is 341 g/mol. The number of hydrogen-bond acceptors (Lipinski definition) is 5. The third kappa shape index (κ3) is 3.39. The van der Waals surface area contributed by atoms with E-state index in [0.29, 0.717) is 25.4 Å². The van der Waals surface area contributed by atoms with Gasteiger partial charge in [-0.05, 0) is 43.7 Å². The van der Waals surface area contributed by atoms with Crippen molar-refractivity contribution in [1.82, 2.24) is 14.9 Å². The number of nitrogens with one attached hydrogen (secondary N) is 1. The number of phenols is 2. The van der Waals surface area contributed by atoms with Crippen LogP contribution in [-0.2, 0) is 25.9 Å². The van der Waals surface area contributed by atoms with Crippen LogP contribution in [0.4, 0.5) is 0 Å². The summed E-state index contributed by atoms with van der Waals surface area (Å²) >= 11 is 0. The van der Waals surface area contributed by atoms with Crippen molar-refractivity contribution in [3.05, 3.63) is 50.7 Å². The maximum Gasteiger partial charge on any atom is 0.254 e. The lowest BCUT2D eigenvalue weighted by Gasteiger charge is -2.28. The topological polar surface area (TPSA) is 89.4 Å². The zero-order valence-corrected chi connectivity index (χ0v) is 14.4. The summed E-state index contributed by atoms with van der Waals surface area (Å²) in [5.41, 5.74) is 3.33. The molecule has 0 spiro atoms. The van der Waals surface area contributed by atoms with E-state index in [9.17, 15) is 15.0 Å². The maximum atomic E-state index is 12.3. The third-order valence-corrected chi connectivity index (χ3v) is 5.20. The number of aryl methyl sites for hydroxylation is 1. The van der Waals surface area contributed by atoms with E-state index in [4.69, 9.17) is 4.98 Å². The van der Waals surface area contributed by atoms with Crippen molar-refractivity contribution in [2.45, 2.75) is 45.7 Å². The molecular formula is C19H23N3O3. The van der Waals surface area contributed by atoms with Gasteiger partial charge in [-0.3, -0.25) is 9.69 Å². The van der Waals surface area contributed by atoms with Gasteiger partial charge in [0.2, 0.25) is 0 Å². The Bertz CT molecular complexity index is 848. The molecule has 1 fully saturated rings. The summed E-state index contributed by atoms with van der Waals surface area (Å²) < 4.78 is 0. The Morgan fingerprint density at radius 2 is 2.12 bits per heavy atom. The highest BCUT2D eigenvalue weighted by Crippen LogP contribution is 2.32. The van der Waals surface area contributed by atoms with Crippen molar-refractivity contribution in [3.63, 3.8) is 0 Å². The van der Waals surface area contributed by atoms with Gasteiger partial charge in [-0.2, -0.15) is 0 Å². The van der Waals surface area contributed by atoms with Crippen LogP contribution in [0.15, 0.2) is 16.9 Å². The van der Waals surface area contributed by atoms with E-state index < -0.39 is 0 Å². The first-order chi connectivity index (χ1) is 12.0. The number of hydrogen-bond donors (Lipinski definition) is 3. The van der Waals surface area contributed by atoms with Gasteiger partial charge in [-0.25, -0.2) is 4.98 Å². The number of phenolic OH excluding ortho intramolecular Hbond substituents is 2. The second kappa shape index (κ2) is 6.19. The summed E-state index contributed by atoms with van der Waals surface area (Å²) in [7, 11) is 0. The maximum absolute atomic E-state index is 12.3. The van der Waals surface area contributed by atoms with Gasteiger partial charge in [0.1, 0.15) is 17.3 Å². The van der Waals surface area contributed by atoms with E-state index in [1.54, 1.807) is 6.07 Å². The van der Waals surface area contributed by atoms with E-state index in [0.717, 1.165) is 41.2 Å². The summed E-state index contributed by atoms with van der Waals surface area (Å²) in [6, 6.07) is 3.03. The van der Waals surface area contributed by atoms with Crippen LogP contribution in [0.3, 0.4) is 0 Å². The Morgan fingerprint density at radius 1 is 1.32 bits per heavy atom. The summed E-state index contributed by atoms with van der Waals surface area (Å²) in [6.07, 6.45) is 3.98. The number of H-pyrrole nitrogens is 1. The predicted octanol–water partition coefficient (Wildman–Crippen LogP) is 2.00. The molecule has 1 aromatic carbocycles. The first-order valence-electron chi connectivity index (χ1n) is 8.84. The van der Waals surface area contributed by atoms with Crippen LogP contribution >= 0.6 is 0 Å². The van der Waals surface area contributed by atoms with Gasteiger partial charge in [0.25, 0.3) is 5.56 Å². The number of aromatic nitrogens is 2. The molecule has 3 N–H and O–H groups in total. The highest BCUT2D eigenvalue weighted by molar-refractivity contribution is 5.44. The standard InChI is InChI=1S/C19H23N3O3/c1-11-6-13(23)8-17(24)15(11)9-22-5-4-14-16(10-22)20-18(21-19(14)25)7-12-2-3-12/h6,8,12,23-24H,2-5,7,9-10H2,1H3,(H,20,21,25). The van der Waals surface area contributed by atoms with Crippen LogP contribution in [0.5, 0.6) is 11.5 Å². The molecule has 132 valence electrons. The Morgan fingerprint density at radius 3 is 2.84 bits per heavy atom.